The first kappa shape index (κ1) is 7.02. The van der Waals surface area contributed by atoms with E-state index in [0.29, 0.717) is 0 Å². The van der Waals surface area contributed by atoms with E-state index in [4.69, 9.17) is 10.2 Å². The third-order valence-electron chi connectivity index (χ3n) is 1.29. The fourth-order valence-electron chi connectivity index (χ4n) is 0.782. The number of carbonyl (C=O) groups excluding carboxylic acids is 1. The van der Waals surface area contributed by atoms with E-state index in [1.165, 1.54) is 24.5 Å². The Balaban J connectivity index is 2.80. The highest BCUT2D eigenvalue weighted by atomic mass is 16.3. The van der Waals surface area contributed by atoms with Crippen LogP contribution < -0.4 is 0 Å². The van der Waals surface area contributed by atoms with E-state index >= 15 is 0 Å². The molecule has 1 radical (unpaired) electrons. The van der Waals surface area contributed by atoms with Crippen molar-refractivity contribution in [3.8, 4) is 0 Å². The van der Waals surface area contributed by atoms with Gasteiger partial charge in [-0.05, 0) is 12.2 Å². The molecule has 0 fully saturated rings. The van der Waals surface area contributed by atoms with E-state index in [9.17, 15) is 4.79 Å². The van der Waals surface area contributed by atoms with Crippen molar-refractivity contribution in [2.24, 2.45) is 0 Å². The standard InChI is InChI=1S/C7H7O3/c8-5-7(10)3-1-2-6(9)4-7/h1-3,9-10H,4H2. The summed E-state index contributed by atoms with van der Waals surface area (Å²) >= 11 is 0. The summed E-state index contributed by atoms with van der Waals surface area (Å²) in [7, 11) is 0. The molecule has 2 N–H and O–H groups in total. The number of allylic oxidation sites excluding steroid dienone is 2. The molecule has 1 atom stereocenters. The fourth-order valence-corrected chi connectivity index (χ4v) is 0.782. The Morgan fingerprint density at radius 1 is 1.70 bits per heavy atom. The second-order valence-electron chi connectivity index (χ2n) is 2.22. The van der Waals surface area contributed by atoms with E-state index in [1.807, 2.05) is 0 Å². The highest BCUT2D eigenvalue weighted by Gasteiger charge is 2.27. The molecule has 1 rings (SSSR count). The summed E-state index contributed by atoms with van der Waals surface area (Å²) in [5.74, 6) is -0.00616. The van der Waals surface area contributed by atoms with Gasteiger partial charge in [0.1, 0.15) is 0 Å². The van der Waals surface area contributed by atoms with Crippen molar-refractivity contribution in [3.63, 3.8) is 0 Å². The number of aliphatic hydroxyl groups is 2. The van der Waals surface area contributed by atoms with Crippen LogP contribution in [-0.4, -0.2) is 22.1 Å². The molecule has 1 aliphatic carbocycles. The van der Waals surface area contributed by atoms with Crippen LogP contribution in [0.15, 0.2) is 24.0 Å². The third kappa shape index (κ3) is 1.25. The van der Waals surface area contributed by atoms with Gasteiger partial charge >= 0.3 is 0 Å². The van der Waals surface area contributed by atoms with Crippen molar-refractivity contribution in [1.82, 2.24) is 0 Å². The van der Waals surface area contributed by atoms with Crippen molar-refractivity contribution in [2.75, 3.05) is 0 Å². The Morgan fingerprint density at radius 2 is 2.40 bits per heavy atom. The minimum atomic E-state index is -1.61. The van der Waals surface area contributed by atoms with Gasteiger partial charge in [-0.3, -0.25) is 4.79 Å². The van der Waals surface area contributed by atoms with Crippen molar-refractivity contribution in [1.29, 1.82) is 0 Å². The molecule has 53 valence electrons. The Labute approximate surface area is 58.3 Å². The van der Waals surface area contributed by atoms with Crippen LogP contribution in [0.25, 0.3) is 0 Å². The van der Waals surface area contributed by atoms with Crippen LogP contribution in [-0.2, 0) is 4.79 Å². The predicted molar refractivity (Wildman–Crippen MR) is 35.1 cm³/mol. The summed E-state index contributed by atoms with van der Waals surface area (Å²) in [6, 6.07) is 0. The second kappa shape index (κ2) is 2.27. The predicted octanol–water partition coefficient (Wildman–Crippen LogP) is 0.229. The summed E-state index contributed by atoms with van der Waals surface area (Å²) < 4.78 is 0. The molecule has 1 unspecified atom stereocenters. The molecule has 1 aliphatic rings. The fraction of sp³-hybridized carbons (Fsp3) is 0.286. The maximum Gasteiger partial charge on any atom is 0.237 e. The van der Waals surface area contributed by atoms with Crippen LogP contribution in [0.3, 0.4) is 0 Å². The molecule has 0 amide bonds. The summed E-state index contributed by atoms with van der Waals surface area (Å²) in [5, 5.41) is 18.0. The molecule has 0 spiro atoms. The van der Waals surface area contributed by atoms with Crippen molar-refractivity contribution >= 4 is 6.29 Å². The van der Waals surface area contributed by atoms with Gasteiger partial charge in [-0.25, -0.2) is 0 Å². The summed E-state index contributed by atoms with van der Waals surface area (Å²) in [5.41, 5.74) is -1.61. The van der Waals surface area contributed by atoms with Gasteiger partial charge in [-0.15, -0.1) is 0 Å². The average molecular weight is 139 g/mol. The molecule has 0 bridgehead atoms. The molecule has 0 aromatic heterocycles. The van der Waals surface area contributed by atoms with Crippen LogP contribution in [0, 0.1) is 0 Å². The maximum atomic E-state index is 10.1. The molecule has 0 aromatic rings. The lowest BCUT2D eigenvalue weighted by atomic mass is 9.96. The van der Waals surface area contributed by atoms with Crippen molar-refractivity contribution in [3.05, 3.63) is 24.0 Å². The monoisotopic (exact) mass is 139 g/mol. The zero-order valence-electron chi connectivity index (χ0n) is 5.24. The van der Waals surface area contributed by atoms with Gasteiger partial charge in [0, 0.05) is 6.42 Å². The lowest BCUT2D eigenvalue weighted by molar-refractivity contribution is 0.140. The number of rotatable bonds is 1. The molecule has 0 aliphatic heterocycles. The van der Waals surface area contributed by atoms with Gasteiger partial charge in [0.25, 0.3) is 0 Å². The highest BCUT2D eigenvalue weighted by molar-refractivity contribution is 5.67. The number of hydrogen-bond donors (Lipinski definition) is 2. The molecule has 0 saturated carbocycles. The molecule has 0 aromatic carbocycles. The van der Waals surface area contributed by atoms with Crippen LogP contribution in [0.5, 0.6) is 0 Å². The van der Waals surface area contributed by atoms with Crippen LogP contribution in [0.4, 0.5) is 0 Å². The molecule has 0 heterocycles. The van der Waals surface area contributed by atoms with E-state index < -0.39 is 5.60 Å². The second-order valence-corrected chi connectivity index (χ2v) is 2.22. The SMILES string of the molecule is O=[C]C1(O)C=CC=C(O)C1. The van der Waals surface area contributed by atoms with Crippen molar-refractivity contribution in [2.45, 2.75) is 12.0 Å². The first-order valence-electron chi connectivity index (χ1n) is 2.85. The Bertz CT molecular complexity index is 205. The lowest BCUT2D eigenvalue weighted by Gasteiger charge is -2.17. The van der Waals surface area contributed by atoms with Gasteiger partial charge in [0.15, 0.2) is 5.60 Å². The Morgan fingerprint density at radius 3 is 2.80 bits per heavy atom. The summed E-state index contributed by atoms with van der Waals surface area (Å²) in [6.07, 6.45) is 5.49. The number of hydrogen-bond acceptors (Lipinski definition) is 3. The Hall–Kier alpha value is -1.09. The quantitative estimate of drug-likeness (QED) is 0.546. The van der Waals surface area contributed by atoms with E-state index in [1.54, 1.807) is 0 Å². The van der Waals surface area contributed by atoms with E-state index in [0.717, 1.165) is 0 Å². The highest BCUT2D eigenvalue weighted by Crippen LogP contribution is 2.18. The molecule has 3 nitrogen and oxygen atoms in total. The lowest BCUT2D eigenvalue weighted by Crippen LogP contribution is -2.29. The van der Waals surface area contributed by atoms with Gasteiger partial charge in [-0.2, -0.15) is 0 Å². The van der Waals surface area contributed by atoms with Gasteiger partial charge in [0.05, 0.1) is 5.76 Å². The van der Waals surface area contributed by atoms with Gasteiger partial charge in [-0.1, -0.05) is 6.08 Å². The first-order chi connectivity index (χ1) is 4.66. The first-order valence-corrected chi connectivity index (χ1v) is 2.85. The molecule has 10 heavy (non-hydrogen) atoms. The van der Waals surface area contributed by atoms with Gasteiger partial charge < -0.3 is 10.2 Å². The van der Waals surface area contributed by atoms with Crippen molar-refractivity contribution < 1.29 is 15.0 Å². The third-order valence-corrected chi connectivity index (χ3v) is 1.29. The zero-order valence-corrected chi connectivity index (χ0v) is 5.24. The molecular weight excluding hydrogens is 132 g/mol. The minimum Gasteiger partial charge on any atom is -0.512 e. The van der Waals surface area contributed by atoms with E-state index in [2.05, 4.69) is 0 Å². The topological polar surface area (TPSA) is 57.5 Å². The number of aliphatic hydroxyl groups excluding tert-OH is 1. The van der Waals surface area contributed by atoms with Crippen LogP contribution in [0.1, 0.15) is 6.42 Å². The summed E-state index contributed by atoms with van der Waals surface area (Å²) in [4.78, 5) is 10.1. The minimum absolute atomic E-state index is 0.00616. The van der Waals surface area contributed by atoms with E-state index in [-0.39, 0.29) is 12.2 Å². The maximum absolute atomic E-state index is 10.1. The van der Waals surface area contributed by atoms with Gasteiger partial charge in [0.2, 0.25) is 6.29 Å². The largest absolute Gasteiger partial charge is 0.512 e. The average Bonchev–Trinajstić information content (AvgIpc) is 1.88. The normalized spacial score (nSPS) is 31.5. The Kier molecular flexibility index (Phi) is 1.59. The zero-order chi connectivity index (χ0) is 7.61. The molecule has 0 saturated heterocycles. The smallest absolute Gasteiger partial charge is 0.237 e. The molecule has 3 heteroatoms. The van der Waals surface area contributed by atoms with Crippen LogP contribution >= 0.6 is 0 Å². The molecular formula is C7H7O3. The summed E-state index contributed by atoms with van der Waals surface area (Å²) in [6.45, 7) is 0. The van der Waals surface area contributed by atoms with Crippen LogP contribution in [0.2, 0.25) is 0 Å².